The summed E-state index contributed by atoms with van der Waals surface area (Å²) in [6.45, 7) is 4.36. The molecule has 0 bridgehead atoms. The third-order valence-corrected chi connectivity index (χ3v) is 4.28. The summed E-state index contributed by atoms with van der Waals surface area (Å²) in [5.74, 6) is -1.26. The fourth-order valence-electron chi connectivity index (χ4n) is 2.05. The molecule has 0 aliphatic heterocycles. The van der Waals surface area contributed by atoms with Crippen LogP contribution in [0.5, 0.6) is 0 Å². The van der Waals surface area contributed by atoms with Gasteiger partial charge in [0.2, 0.25) is 0 Å². The number of nitrogens with zero attached hydrogens (tertiary/aromatic N) is 1. The molecule has 0 saturated heterocycles. The normalized spacial score (nSPS) is 11.9. The van der Waals surface area contributed by atoms with E-state index in [2.05, 4.69) is 10.3 Å². The second-order valence-electron chi connectivity index (χ2n) is 4.84. The molecule has 0 spiro atoms. The summed E-state index contributed by atoms with van der Waals surface area (Å²) < 4.78 is 5.45. The van der Waals surface area contributed by atoms with Crippen LogP contribution in [-0.2, 0) is 16.0 Å². The number of aromatic nitrogens is 1. The first-order valence-electron chi connectivity index (χ1n) is 7.19. The zero-order valence-corrected chi connectivity index (χ0v) is 13.7. The first-order chi connectivity index (χ1) is 11.0. The summed E-state index contributed by atoms with van der Waals surface area (Å²) in [5, 5.41) is 12.4. The van der Waals surface area contributed by atoms with Crippen molar-refractivity contribution in [3.05, 3.63) is 45.9 Å². The molecular weight excluding hydrogens is 316 g/mol. The Morgan fingerprint density at radius 2 is 2.13 bits per heavy atom. The number of carboxylic acid groups (broad SMARTS) is 1. The van der Waals surface area contributed by atoms with Crippen LogP contribution < -0.4 is 5.32 Å². The number of amides is 1. The molecule has 23 heavy (non-hydrogen) atoms. The number of rotatable bonds is 7. The van der Waals surface area contributed by atoms with Crippen molar-refractivity contribution in [3.8, 4) is 0 Å². The van der Waals surface area contributed by atoms with Gasteiger partial charge in [-0.3, -0.25) is 9.59 Å². The van der Waals surface area contributed by atoms with Gasteiger partial charge in [-0.1, -0.05) is 18.2 Å². The lowest BCUT2D eigenvalue weighted by molar-refractivity contribution is -0.136. The van der Waals surface area contributed by atoms with Gasteiger partial charge >= 0.3 is 5.97 Å². The Labute approximate surface area is 138 Å². The molecule has 1 aromatic carbocycles. The average molecular weight is 334 g/mol. The molecule has 1 amide bonds. The number of benzene rings is 1. The van der Waals surface area contributed by atoms with Crippen LogP contribution >= 0.6 is 11.3 Å². The summed E-state index contributed by atoms with van der Waals surface area (Å²) in [7, 11) is 0. The number of para-hydroxylation sites is 1. The molecule has 2 N–H and O–H groups in total. The standard InChI is InChI=1S/C16H18N2O4S/c1-3-22-10(2)16-17-9-13(23-16)15(21)18-12-7-5-4-6-11(12)8-14(19)20/h4-7,9-10H,3,8H2,1-2H3,(H,18,21)(H,19,20). The summed E-state index contributed by atoms with van der Waals surface area (Å²) in [5.41, 5.74) is 1.05. The van der Waals surface area contributed by atoms with Gasteiger partial charge in [0.25, 0.3) is 5.91 Å². The maximum absolute atomic E-state index is 12.3. The zero-order chi connectivity index (χ0) is 16.8. The summed E-state index contributed by atoms with van der Waals surface area (Å²) >= 11 is 1.26. The Hall–Kier alpha value is -2.25. The fraction of sp³-hybridized carbons (Fsp3) is 0.312. The van der Waals surface area contributed by atoms with E-state index < -0.39 is 5.97 Å². The number of nitrogens with one attached hydrogen (secondary N) is 1. The van der Waals surface area contributed by atoms with Crippen LogP contribution in [0, 0.1) is 0 Å². The number of anilines is 1. The highest BCUT2D eigenvalue weighted by Gasteiger charge is 2.16. The second-order valence-corrected chi connectivity index (χ2v) is 5.90. The van der Waals surface area contributed by atoms with Gasteiger partial charge in [0.15, 0.2) is 0 Å². The number of hydrogen-bond acceptors (Lipinski definition) is 5. The molecule has 122 valence electrons. The lowest BCUT2D eigenvalue weighted by Crippen LogP contribution is -2.13. The number of thiazole rings is 1. The molecule has 1 aromatic heterocycles. The number of hydrogen-bond donors (Lipinski definition) is 2. The van der Waals surface area contributed by atoms with Crippen molar-refractivity contribution in [3.63, 3.8) is 0 Å². The first kappa shape index (κ1) is 17.1. The van der Waals surface area contributed by atoms with Gasteiger partial charge in [0.1, 0.15) is 16.0 Å². The van der Waals surface area contributed by atoms with Crippen LogP contribution in [0.3, 0.4) is 0 Å². The van der Waals surface area contributed by atoms with Gasteiger partial charge in [0, 0.05) is 12.3 Å². The fourth-order valence-corrected chi connectivity index (χ4v) is 2.86. The molecule has 1 unspecified atom stereocenters. The quantitative estimate of drug-likeness (QED) is 0.812. The van der Waals surface area contributed by atoms with Crippen molar-refractivity contribution < 1.29 is 19.4 Å². The van der Waals surface area contributed by atoms with E-state index >= 15 is 0 Å². The molecule has 0 saturated carbocycles. The Morgan fingerprint density at radius 1 is 1.39 bits per heavy atom. The highest BCUT2D eigenvalue weighted by atomic mass is 32.1. The molecule has 2 rings (SSSR count). The predicted octanol–water partition coefficient (Wildman–Crippen LogP) is 3.12. The highest BCUT2D eigenvalue weighted by molar-refractivity contribution is 7.13. The van der Waals surface area contributed by atoms with Crippen LogP contribution in [0.25, 0.3) is 0 Å². The van der Waals surface area contributed by atoms with Crippen molar-refractivity contribution in [2.24, 2.45) is 0 Å². The number of ether oxygens (including phenoxy) is 1. The predicted molar refractivity (Wildman–Crippen MR) is 87.9 cm³/mol. The lowest BCUT2D eigenvalue weighted by atomic mass is 10.1. The SMILES string of the molecule is CCOC(C)c1ncc(C(=O)Nc2ccccc2CC(=O)O)s1. The molecule has 6 nitrogen and oxygen atoms in total. The Bertz CT molecular complexity index is 699. The second kappa shape index (κ2) is 7.85. The Balaban J connectivity index is 2.12. The van der Waals surface area contributed by atoms with E-state index in [-0.39, 0.29) is 18.4 Å². The van der Waals surface area contributed by atoms with E-state index in [1.165, 1.54) is 17.5 Å². The molecule has 0 aliphatic rings. The zero-order valence-electron chi connectivity index (χ0n) is 12.9. The van der Waals surface area contributed by atoms with Crippen LogP contribution in [0.15, 0.2) is 30.5 Å². The minimum Gasteiger partial charge on any atom is -0.481 e. The minimum absolute atomic E-state index is 0.147. The molecule has 0 aliphatic carbocycles. The molecule has 2 aromatic rings. The van der Waals surface area contributed by atoms with E-state index in [1.807, 2.05) is 13.8 Å². The summed E-state index contributed by atoms with van der Waals surface area (Å²) in [6.07, 6.45) is 1.20. The monoisotopic (exact) mass is 334 g/mol. The van der Waals surface area contributed by atoms with Crippen molar-refractivity contribution in [1.29, 1.82) is 0 Å². The third kappa shape index (κ3) is 4.61. The smallest absolute Gasteiger partial charge is 0.307 e. The van der Waals surface area contributed by atoms with Crippen molar-refractivity contribution in [2.75, 3.05) is 11.9 Å². The van der Waals surface area contributed by atoms with Crippen molar-refractivity contribution >= 4 is 28.9 Å². The van der Waals surface area contributed by atoms with Crippen LogP contribution in [0.1, 0.15) is 40.2 Å². The van der Waals surface area contributed by atoms with Gasteiger partial charge in [-0.05, 0) is 25.5 Å². The molecule has 0 radical (unpaired) electrons. The number of carbonyl (C=O) groups excluding carboxylic acids is 1. The number of carboxylic acids is 1. The van der Waals surface area contributed by atoms with Crippen LogP contribution in [0.4, 0.5) is 5.69 Å². The van der Waals surface area contributed by atoms with Gasteiger partial charge in [-0.25, -0.2) is 4.98 Å². The topological polar surface area (TPSA) is 88.5 Å². The lowest BCUT2D eigenvalue weighted by Gasteiger charge is -2.09. The number of aliphatic carboxylic acids is 1. The van der Waals surface area contributed by atoms with Crippen molar-refractivity contribution in [2.45, 2.75) is 26.4 Å². The van der Waals surface area contributed by atoms with Gasteiger partial charge in [-0.15, -0.1) is 11.3 Å². The van der Waals surface area contributed by atoms with E-state index in [9.17, 15) is 9.59 Å². The van der Waals surface area contributed by atoms with Gasteiger partial charge < -0.3 is 15.2 Å². The molecule has 7 heteroatoms. The Morgan fingerprint density at radius 3 is 2.83 bits per heavy atom. The van der Waals surface area contributed by atoms with E-state index in [1.54, 1.807) is 24.3 Å². The van der Waals surface area contributed by atoms with Crippen LogP contribution in [-0.4, -0.2) is 28.6 Å². The van der Waals surface area contributed by atoms with E-state index in [0.717, 1.165) is 5.01 Å². The highest BCUT2D eigenvalue weighted by Crippen LogP contribution is 2.24. The van der Waals surface area contributed by atoms with Crippen molar-refractivity contribution in [1.82, 2.24) is 4.98 Å². The van der Waals surface area contributed by atoms with Gasteiger partial charge in [0.05, 0.1) is 12.6 Å². The summed E-state index contributed by atoms with van der Waals surface area (Å²) in [4.78, 5) is 27.9. The summed E-state index contributed by atoms with van der Waals surface area (Å²) in [6, 6.07) is 6.85. The minimum atomic E-state index is -0.947. The average Bonchev–Trinajstić information content (AvgIpc) is 2.99. The maximum atomic E-state index is 12.3. The largest absolute Gasteiger partial charge is 0.481 e. The first-order valence-corrected chi connectivity index (χ1v) is 8.01. The molecule has 1 heterocycles. The third-order valence-electron chi connectivity index (χ3n) is 3.12. The number of carbonyl (C=O) groups is 2. The van der Waals surface area contributed by atoms with E-state index in [0.29, 0.717) is 22.7 Å². The molecule has 0 fully saturated rings. The molecule has 1 atom stereocenters. The van der Waals surface area contributed by atoms with Crippen LogP contribution in [0.2, 0.25) is 0 Å². The molecular formula is C16H18N2O4S. The van der Waals surface area contributed by atoms with E-state index in [4.69, 9.17) is 9.84 Å². The van der Waals surface area contributed by atoms with Gasteiger partial charge in [-0.2, -0.15) is 0 Å². The Kier molecular flexibility index (Phi) is 5.84. The maximum Gasteiger partial charge on any atom is 0.307 e.